The molecule has 0 aromatic carbocycles. The Morgan fingerprint density at radius 1 is 1.31 bits per heavy atom. The van der Waals surface area contributed by atoms with Crippen molar-refractivity contribution in [2.75, 3.05) is 19.8 Å². The van der Waals surface area contributed by atoms with Gasteiger partial charge in [0.25, 0.3) is 0 Å². The van der Waals surface area contributed by atoms with E-state index in [0.29, 0.717) is 32.2 Å². The molecule has 0 aromatic rings. The van der Waals surface area contributed by atoms with E-state index in [9.17, 15) is 19.5 Å². The molecule has 3 fully saturated rings. The lowest BCUT2D eigenvalue weighted by atomic mass is 9.65. The Balaban J connectivity index is 2.20. The van der Waals surface area contributed by atoms with Gasteiger partial charge >= 0.3 is 5.97 Å². The minimum absolute atomic E-state index is 0.195. The van der Waals surface area contributed by atoms with Crippen LogP contribution in [0.25, 0.3) is 0 Å². The van der Waals surface area contributed by atoms with Crippen molar-refractivity contribution in [3.63, 3.8) is 0 Å². The molecule has 6 atom stereocenters. The quantitative estimate of drug-likeness (QED) is 0.372. The lowest BCUT2D eigenvalue weighted by molar-refractivity contribution is -0.164. The smallest absolute Gasteiger partial charge is 0.312 e. The summed E-state index contributed by atoms with van der Waals surface area (Å²) >= 11 is 0. The van der Waals surface area contributed by atoms with Crippen LogP contribution in [-0.4, -0.2) is 81.3 Å². The predicted molar refractivity (Wildman–Crippen MR) is 132 cm³/mol. The number of rotatable bonds is 10. The van der Waals surface area contributed by atoms with Gasteiger partial charge in [-0.2, -0.15) is 0 Å². The second-order valence-corrected chi connectivity index (χ2v) is 11.7. The van der Waals surface area contributed by atoms with Gasteiger partial charge in [0.05, 0.1) is 30.8 Å². The van der Waals surface area contributed by atoms with Crippen LogP contribution in [-0.2, 0) is 23.9 Å². The Labute approximate surface area is 210 Å². The van der Waals surface area contributed by atoms with Gasteiger partial charge in [-0.3, -0.25) is 14.4 Å². The summed E-state index contributed by atoms with van der Waals surface area (Å²) in [6, 6.07) is -1.48. The molecule has 8 nitrogen and oxygen atoms in total. The number of hydrogen-bond acceptors (Lipinski definition) is 6. The molecule has 0 radical (unpaired) electrons. The zero-order valence-electron chi connectivity index (χ0n) is 22.5. The molecule has 3 heterocycles. The van der Waals surface area contributed by atoms with Crippen molar-refractivity contribution < 1.29 is 29.0 Å². The van der Waals surface area contributed by atoms with Crippen LogP contribution in [0, 0.1) is 17.8 Å². The molecule has 198 valence electrons. The van der Waals surface area contributed by atoms with Crippen LogP contribution in [0.4, 0.5) is 0 Å². The van der Waals surface area contributed by atoms with Crippen molar-refractivity contribution in [3.05, 3.63) is 12.7 Å². The molecule has 0 aromatic heterocycles. The van der Waals surface area contributed by atoms with E-state index < -0.39 is 46.6 Å². The largest absolute Gasteiger partial charge is 0.466 e. The first-order valence-corrected chi connectivity index (χ1v) is 13.1. The molecule has 1 spiro atoms. The highest BCUT2D eigenvalue weighted by atomic mass is 16.6. The number of ether oxygens (including phenoxy) is 2. The molecule has 3 rings (SSSR count). The Bertz CT molecular complexity index is 851. The van der Waals surface area contributed by atoms with Crippen molar-refractivity contribution in [2.24, 2.45) is 17.8 Å². The SMILES string of the molecule is C=CCN(C(=O)C1N([C@@H](CO)CC(C)C)C(=O)[C@@H]2[C@@H](C(=O)OCC)[C@@]3(CC)CCC12O3)C(C)(C)C. The lowest BCUT2D eigenvalue weighted by Crippen LogP contribution is -2.61. The Kier molecular flexibility index (Phi) is 7.78. The van der Waals surface area contributed by atoms with Gasteiger partial charge < -0.3 is 24.4 Å². The number of likely N-dealkylation sites (tertiary alicyclic amines) is 1. The normalized spacial score (nSPS) is 32.7. The monoisotopic (exact) mass is 492 g/mol. The van der Waals surface area contributed by atoms with Crippen molar-refractivity contribution in [1.29, 1.82) is 0 Å². The third-order valence-electron chi connectivity index (χ3n) is 8.13. The molecule has 2 unspecified atom stereocenters. The lowest BCUT2D eigenvalue weighted by Gasteiger charge is -2.43. The average Bonchev–Trinajstić information content (AvgIpc) is 3.38. The summed E-state index contributed by atoms with van der Waals surface area (Å²) in [6.07, 6.45) is 3.85. The zero-order chi connectivity index (χ0) is 26.3. The summed E-state index contributed by atoms with van der Waals surface area (Å²) in [5.41, 5.74) is -2.48. The molecule has 0 aliphatic carbocycles. The number of aliphatic hydroxyl groups is 1. The van der Waals surface area contributed by atoms with E-state index in [4.69, 9.17) is 9.47 Å². The Morgan fingerprint density at radius 2 is 1.97 bits per heavy atom. The first-order chi connectivity index (χ1) is 16.3. The second-order valence-electron chi connectivity index (χ2n) is 11.7. The molecular weight excluding hydrogens is 448 g/mol. The van der Waals surface area contributed by atoms with Crippen LogP contribution in [0.15, 0.2) is 12.7 Å². The number of aliphatic hydroxyl groups excluding tert-OH is 1. The Morgan fingerprint density at radius 3 is 2.46 bits per heavy atom. The molecule has 0 saturated carbocycles. The van der Waals surface area contributed by atoms with Gasteiger partial charge in [0, 0.05) is 12.1 Å². The highest BCUT2D eigenvalue weighted by Gasteiger charge is 2.79. The summed E-state index contributed by atoms with van der Waals surface area (Å²) in [5, 5.41) is 10.4. The maximum atomic E-state index is 14.4. The molecule has 3 aliphatic rings. The third-order valence-corrected chi connectivity index (χ3v) is 8.13. The fourth-order valence-electron chi connectivity index (χ4n) is 6.71. The van der Waals surface area contributed by atoms with Gasteiger partial charge in [0.1, 0.15) is 17.6 Å². The fraction of sp³-hybridized carbons (Fsp3) is 0.815. The predicted octanol–water partition coefficient (Wildman–Crippen LogP) is 2.92. The van der Waals surface area contributed by atoms with E-state index in [0.717, 1.165) is 0 Å². The van der Waals surface area contributed by atoms with Crippen LogP contribution < -0.4 is 0 Å². The molecule has 3 aliphatic heterocycles. The fourth-order valence-corrected chi connectivity index (χ4v) is 6.71. The number of hydrogen-bond donors (Lipinski definition) is 1. The topological polar surface area (TPSA) is 96.4 Å². The number of carbonyl (C=O) groups excluding carboxylic acids is 3. The average molecular weight is 493 g/mol. The van der Waals surface area contributed by atoms with Crippen LogP contribution in [0.1, 0.15) is 74.1 Å². The number of amides is 2. The van der Waals surface area contributed by atoms with Gasteiger partial charge in [0.15, 0.2) is 0 Å². The van der Waals surface area contributed by atoms with Gasteiger partial charge in [0.2, 0.25) is 11.8 Å². The van der Waals surface area contributed by atoms with E-state index in [1.807, 2.05) is 41.5 Å². The zero-order valence-corrected chi connectivity index (χ0v) is 22.5. The first-order valence-electron chi connectivity index (χ1n) is 13.1. The van der Waals surface area contributed by atoms with Crippen LogP contribution in [0.2, 0.25) is 0 Å². The van der Waals surface area contributed by atoms with E-state index in [1.165, 1.54) is 0 Å². The minimum atomic E-state index is -1.13. The molecule has 2 amide bonds. The number of carbonyl (C=O) groups is 3. The molecular formula is C27H44N2O6. The van der Waals surface area contributed by atoms with Crippen LogP contribution >= 0.6 is 0 Å². The first kappa shape index (κ1) is 27.7. The number of esters is 1. The molecule has 35 heavy (non-hydrogen) atoms. The summed E-state index contributed by atoms with van der Waals surface area (Å²) in [4.78, 5) is 45.1. The van der Waals surface area contributed by atoms with Crippen molar-refractivity contribution in [1.82, 2.24) is 9.80 Å². The van der Waals surface area contributed by atoms with Gasteiger partial charge in [-0.1, -0.05) is 26.8 Å². The van der Waals surface area contributed by atoms with Crippen LogP contribution in [0.5, 0.6) is 0 Å². The Hall–Kier alpha value is -1.93. The van der Waals surface area contributed by atoms with Gasteiger partial charge in [-0.05, 0) is 59.3 Å². The summed E-state index contributed by atoms with van der Waals surface area (Å²) in [7, 11) is 0. The van der Waals surface area contributed by atoms with Gasteiger partial charge in [-0.15, -0.1) is 6.58 Å². The maximum absolute atomic E-state index is 14.4. The highest BCUT2D eigenvalue weighted by molar-refractivity contribution is 5.99. The standard InChI is InChI=1S/C27H44N2O6/c1-9-14-28(25(6,7)8)23(32)21-27-13-12-26(10-2,35-27)20(24(33)34-11-3)19(27)22(31)29(21)18(16-30)15-17(4)5/h9,17-21,30H,1,10-16H2,2-8H3/t18-,19+,20+,21?,26-,27?/m1/s1. The molecule has 8 heteroatoms. The summed E-state index contributed by atoms with van der Waals surface area (Å²) in [6.45, 7) is 17.7. The number of fused-ring (bicyclic) bond motifs is 1. The van der Waals surface area contributed by atoms with Crippen molar-refractivity contribution in [2.45, 2.75) is 103 Å². The minimum Gasteiger partial charge on any atom is -0.466 e. The third kappa shape index (κ3) is 4.31. The van der Waals surface area contributed by atoms with Crippen molar-refractivity contribution in [3.8, 4) is 0 Å². The van der Waals surface area contributed by atoms with E-state index in [-0.39, 0.29) is 30.9 Å². The van der Waals surface area contributed by atoms with E-state index in [1.54, 1.807) is 22.8 Å². The maximum Gasteiger partial charge on any atom is 0.312 e. The van der Waals surface area contributed by atoms with E-state index >= 15 is 0 Å². The molecule has 3 saturated heterocycles. The molecule has 2 bridgehead atoms. The second kappa shape index (κ2) is 9.85. The van der Waals surface area contributed by atoms with E-state index in [2.05, 4.69) is 6.58 Å². The van der Waals surface area contributed by atoms with Crippen molar-refractivity contribution >= 4 is 17.8 Å². The highest BCUT2D eigenvalue weighted by Crippen LogP contribution is 2.65. The van der Waals surface area contributed by atoms with Crippen LogP contribution in [0.3, 0.4) is 0 Å². The number of nitrogens with zero attached hydrogens (tertiary/aromatic N) is 2. The molecule has 1 N–H and O–H groups in total. The summed E-state index contributed by atoms with van der Waals surface area (Å²) in [5.74, 6) is -2.34. The van der Waals surface area contributed by atoms with Gasteiger partial charge in [-0.25, -0.2) is 0 Å². The summed E-state index contributed by atoms with van der Waals surface area (Å²) < 4.78 is 12.2.